The third-order valence-corrected chi connectivity index (χ3v) is 6.87. The zero-order valence-electron chi connectivity index (χ0n) is 17.9. The Bertz CT molecular complexity index is 1020. The number of rotatable bonds is 8. The molecule has 6 heteroatoms. The van der Waals surface area contributed by atoms with E-state index in [-0.39, 0.29) is 5.82 Å². The van der Waals surface area contributed by atoms with E-state index in [1.807, 2.05) is 30.3 Å². The highest BCUT2D eigenvalue weighted by Gasteiger charge is 2.41. The van der Waals surface area contributed by atoms with Crippen LogP contribution in [0.3, 0.4) is 0 Å². The van der Waals surface area contributed by atoms with Crippen molar-refractivity contribution in [1.29, 1.82) is 0 Å². The maximum atomic E-state index is 13.5. The maximum Gasteiger partial charge on any atom is 0.170 e. The number of benzene rings is 2. The van der Waals surface area contributed by atoms with Crippen molar-refractivity contribution in [3.05, 3.63) is 54.0 Å². The predicted octanol–water partition coefficient (Wildman–Crippen LogP) is 5.55. The third kappa shape index (κ3) is 4.13. The van der Waals surface area contributed by atoms with Gasteiger partial charge in [0, 0.05) is 29.5 Å². The maximum absolute atomic E-state index is 13.5. The van der Waals surface area contributed by atoms with Crippen LogP contribution < -0.4 is 9.47 Å². The molecule has 0 radical (unpaired) electrons. The van der Waals surface area contributed by atoms with Gasteiger partial charge in [-0.2, -0.15) is 0 Å². The van der Waals surface area contributed by atoms with Crippen molar-refractivity contribution in [2.45, 2.75) is 56.5 Å². The van der Waals surface area contributed by atoms with E-state index in [1.165, 1.54) is 25.0 Å². The molecular weight excluding hydrogens is 395 g/mol. The zero-order valence-corrected chi connectivity index (χ0v) is 17.9. The Labute approximate surface area is 182 Å². The van der Waals surface area contributed by atoms with Gasteiger partial charge >= 0.3 is 0 Å². The van der Waals surface area contributed by atoms with Crippen molar-refractivity contribution in [2.24, 2.45) is 0 Å². The fraction of sp³-hybridized carbons (Fsp3) is 0.480. The molecular formula is C25H29FN2O3. The summed E-state index contributed by atoms with van der Waals surface area (Å²) in [5.41, 5.74) is 1.57. The summed E-state index contributed by atoms with van der Waals surface area (Å²) in [7, 11) is 1.67. The molecule has 31 heavy (non-hydrogen) atoms. The van der Waals surface area contributed by atoms with E-state index in [2.05, 4.69) is 10.1 Å². The van der Waals surface area contributed by atoms with Crippen molar-refractivity contribution >= 4 is 11.0 Å². The number of hydrogen-bond acceptors (Lipinski definition) is 5. The van der Waals surface area contributed by atoms with Gasteiger partial charge in [-0.3, -0.25) is 4.90 Å². The Morgan fingerprint density at radius 3 is 2.61 bits per heavy atom. The lowest BCUT2D eigenvalue weighted by Crippen LogP contribution is -2.42. The lowest BCUT2D eigenvalue weighted by molar-refractivity contribution is 0.120. The summed E-state index contributed by atoms with van der Waals surface area (Å²) < 4.78 is 30.1. The van der Waals surface area contributed by atoms with Gasteiger partial charge in [-0.25, -0.2) is 4.39 Å². The molecule has 164 valence electrons. The number of methoxy groups -OCH3 is 1. The fourth-order valence-electron chi connectivity index (χ4n) is 5.40. The molecule has 0 aliphatic carbocycles. The van der Waals surface area contributed by atoms with Crippen molar-refractivity contribution < 1.29 is 18.4 Å². The lowest BCUT2D eigenvalue weighted by Gasteiger charge is -2.38. The van der Waals surface area contributed by atoms with E-state index in [9.17, 15) is 4.39 Å². The average molecular weight is 425 g/mol. The Hall–Kier alpha value is -2.60. The molecule has 2 unspecified atom stereocenters. The molecule has 3 aromatic rings. The molecule has 1 aromatic heterocycles. The molecule has 2 aromatic carbocycles. The van der Waals surface area contributed by atoms with E-state index in [0.717, 1.165) is 54.8 Å². The first-order chi connectivity index (χ1) is 15.2. The molecule has 0 saturated carbocycles. The zero-order chi connectivity index (χ0) is 21.2. The monoisotopic (exact) mass is 424 g/mol. The van der Waals surface area contributed by atoms with Crippen LogP contribution in [0.1, 0.15) is 50.1 Å². The minimum Gasteiger partial charge on any atom is -0.493 e. The van der Waals surface area contributed by atoms with Gasteiger partial charge in [0.15, 0.2) is 17.1 Å². The number of aromatic nitrogens is 1. The normalized spacial score (nSPS) is 23.4. The van der Waals surface area contributed by atoms with Crippen LogP contribution in [0.4, 0.5) is 4.39 Å². The van der Waals surface area contributed by atoms with Crippen molar-refractivity contribution in [3.63, 3.8) is 0 Å². The summed E-state index contributed by atoms with van der Waals surface area (Å²) in [6.07, 6.45) is 6.86. The smallest absolute Gasteiger partial charge is 0.170 e. The van der Waals surface area contributed by atoms with Gasteiger partial charge in [-0.1, -0.05) is 17.3 Å². The number of para-hydroxylation sites is 2. The van der Waals surface area contributed by atoms with Gasteiger partial charge in [0.2, 0.25) is 0 Å². The minimum atomic E-state index is -0.278. The first kappa shape index (κ1) is 20.3. The van der Waals surface area contributed by atoms with Gasteiger partial charge in [0.1, 0.15) is 5.82 Å². The Morgan fingerprint density at radius 2 is 1.84 bits per heavy atom. The van der Waals surface area contributed by atoms with Gasteiger partial charge in [-0.05, 0) is 69.3 Å². The van der Waals surface area contributed by atoms with Crippen molar-refractivity contribution in [2.75, 3.05) is 20.3 Å². The minimum absolute atomic E-state index is 0.278. The standard InChI is InChI=1S/C25H29FN2O3/c1-29-22-6-2-3-7-23(22)30-13-5-4-12-28-19-9-10-20(28)15-17(14-19)25-21-11-8-18(26)16-24(21)31-27-25/h2-3,6-8,11,16-17,19-20H,4-5,9-10,12-15H2,1H3. The summed E-state index contributed by atoms with van der Waals surface area (Å²) in [4.78, 5) is 2.70. The molecule has 2 fully saturated rings. The molecule has 0 spiro atoms. The fourth-order valence-corrected chi connectivity index (χ4v) is 5.40. The molecule has 2 aliphatic heterocycles. The summed E-state index contributed by atoms with van der Waals surface area (Å²) >= 11 is 0. The highest BCUT2D eigenvalue weighted by atomic mass is 19.1. The summed E-state index contributed by atoms with van der Waals surface area (Å²) in [5, 5.41) is 5.29. The van der Waals surface area contributed by atoms with E-state index in [1.54, 1.807) is 7.11 Å². The number of ether oxygens (including phenoxy) is 2. The largest absolute Gasteiger partial charge is 0.493 e. The predicted molar refractivity (Wildman–Crippen MR) is 117 cm³/mol. The quantitative estimate of drug-likeness (QED) is 0.444. The second-order valence-corrected chi connectivity index (χ2v) is 8.71. The second-order valence-electron chi connectivity index (χ2n) is 8.71. The number of unbranched alkanes of at least 4 members (excludes halogenated alkanes) is 1. The summed E-state index contributed by atoms with van der Waals surface area (Å²) in [6.45, 7) is 1.82. The van der Waals surface area contributed by atoms with Crippen LogP contribution in [0.15, 0.2) is 47.0 Å². The number of nitrogens with zero attached hydrogens (tertiary/aromatic N) is 2. The summed E-state index contributed by atoms with van der Waals surface area (Å²) in [5.74, 6) is 1.71. The molecule has 2 atom stereocenters. The van der Waals surface area contributed by atoms with Crippen molar-refractivity contribution in [1.82, 2.24) is 10.1 Å². The van der Waals surface area contributed by atoms with E-state index in [4.69, 9.17) is 14.0 Å². The summed E-state index contributed by atoms with van der Waals surface area (Å²) in [6, 6.07) is 13.7. The molecule has 0 N–H and O–H groups in total. The Kier molecular flexibility index (Phi) is 5.81. The van der Waals surface area contributed by atoms with Gasteiger partial charge in [0.05, 0.1) is 19.4 Å². The highest BCUT2D eigenvalue weighted by molar-refractivity contribution is 5.79. The number of hydrogen-bond donors (Lipinski definition) is 0. The average Bonchev–Trinajstić information content (AvgIpc) is 3.30. The third-order valence-electron chi connectivity index (χ3n) is 6.87. The van der Waals surface area contributed by atoms with E-state index >= 15 is 0 Å². The Morgan fingerprint density at radius 1 is 1.06 bits per heavy atom. The van der Waals surface area contributed by atoms with Gasteiger partial charge < -0.3 is 14.0 Å². The molecule has 2 aliphatic rings. The number of fused-ring (bicyclic) bond motifs is 3. The number of piperidine rings is 1. The van der Waals surface area contributed by atoms with Crippen LogP contribution in [0.5, 0.6) is 11.5 Å². The molecule has 5 rings (SSSR count). The van der Waals surface area contributed by atoms with Crippen molar-refractivity contribution in [3.8, 4) is 11.5 Å². The van der Waals surface area contributed by atoms with Crippen LogP contribution in [-0.2, 0) is 0 Å². The first-order valence-corrected chi connectivity index (χ1v) is 11.3. The topological polar surface area (TPSA) is 47.7 Å². The number of halogens is 1. The van der Waals surface area contributed by atoms with Crippen LogP contribution in [0.25, 0.3) is 11.0 Å². The molecule has 3 heterocycles. The van der Waals surface area contributed by atoms with Crippen LogP contribution >= 0.6 is 0 Å². The molecule has 5 nitrogen and oxygen atoms in total. The van der Waals surface area contributed by atoms with Gasteiger partial charge in [-0.15, -0.1) is 0 Å². The van der Waals surface area contributed by atoms with E-state index in [0.29, 0.717) is 30.2 Å². The van der Waals surface area contributed by atoms with Gasteiger partial charge in [0.25, 0.3) is 0 Å². The van der Waals surface area contributed by atoms with E-state index < -0.39 is 0 Å². The molecule has 0 amide bonds. The lowest BCUT2D eigenvalue weighted by atomic mass is 9.86. The van der Waals surface area contributed by atoms with Crippen LogP contribution in [0.2, 0.25) is 0 Å². The highest BCUT2D eigenvalue weighted by Crippen LogP contribution is 2.44. The SMILES string of the molecule is COc1ccccc1OCCCCN1C2CCC1CC(c1noc3cc(F)ccc13)C2. The first-order valence-electron chi connectivity index (χ1n) is 11.3. The molecule has 2 bridgehead atoms. The molecule has 2 saturated heterocycles. The van der Waals surface area contributed by atoms with Crippen LogP contribution in [0, 0.1) is 5.82 Å². The second kappa shape index (κ2) is 8.87. The van der Waals surface area contributed by atoms with Crippen LogP contribution in [-0.4, -0.2) is 42.4 Å². The Balaban J connectivity index is 1.14.